The van der Waals surface area contributed by atoms with E-state index >= 15 is 0 Å². The summed E-state index contributed by atoms with van der Waals surface area (Å²) >= 11 is 0. The van der Waals surface area contributed by atoms with Crippen LogP contribution in [0, 0.1) is 5.41 Å². The first kappa shape index (κ1) is 26.7. The number of nitrogens with zero attached hydrogens (tertiary/aromatic N) is 2. The molecule has 7 heteroatoms. The number of guanidine groups is 1. The SMILES string of the molecule is CCOCCC1(CNC(=NCC(=O)N(C)C)NC(C)c2ccccc2)CCCC1.I. The zero-order valence-electron chi connectivity index (χ0n) is 18.9. The smallest absolute Gasteiger partial charge is 0.243 e. The van der Waals surface area contributed by atoms with Crippen LogP contribution in [0.5, 0.6) is 0 Å². The Bertz CT molecular complexity index is 646. The van der Waals surface area contributed by atoms with Crippen molar-refractivity contribution in [1.29, 1.82) is 0 Å². The van der Waals surface area contributed by atoms with Gasteiger partial charge in [-0.15, -0.1) is 24.0 Å². The van der Waals surface area contributed by atoms with Gasteiger partial charge in [-0.05, 0) is 44.1 Å². The van der Waals surface area contributed by atoms with Crippen molar-refractivity contribution < 1.29 is 9.53 Å². The van der Waals surface area contributed by atoms with Gasteiger partial charge in [0.1, 0.15) is 6.54 Å². The van der Waals surface area contributed by atoms with Gasteiger partial charge in [0, 0.05) is 33.9 Å². The summed E-state index contributed by atoms with van der Waals surface area (Å²) in [4.78, 5) is 18.2. The van der Waals surface area contributed by atoms with E-state index < -0.39 is 0 Å². The molecule has 1 aliphatic carbocycles. The van der Waals surface area contributed by atoms with Crippen LogP contribution in [0.15, 0.2) is 35.3 Å². The van der Waals surface area contributed by atoms with Crippen molar-refractivity contribution in [2.75, 3.05) is 40.4 Å². The minimum atomic E-state index is -0.00890. The van der Waals surface area contributed by atoms with Crippen LogP contribution in [0.4, 0.5) is 0 Å². The van der Waals surface area contributed by atoms with E-state index in [1.54, 1.807) is 19.0 Å². The van der Waals surface area contributed by atoms with Crippen molar-refractivity contribution >= 4 is 35.8 Å². The Hall–Kier alpha value is -1.35. The summed E-state index contributed by atoms with van der Waals surface area (Å²) in [5.41, 5.74) is 1.44. The zero-order chi connectivity index (χ0) is 21.1. The molecule has 0 aromatic heterocycles. The summed E-state index contributed by atoms with van der Waals surface area (Å²) in [6.07, 6.45) is 6.03. The second-order valence-electron chi connectivity index (χ2n) is 8.24. The summed E-state index contributed by atoms with van der Waals surface area (Å²) < 4.78 is 5.63. The maximum Gasteiger partial charge on any atom is 0.243 e. The summed E-state index contributed by atoms with van der Waals surface area (Å²) in [5, 5.41) is 7.01. The van der Waals surface area contributed by atoms with Crippen LogP contribution in [0.1, 0.15) is 57.6 Å². The van der Waals surface area contributed by atoms with Crippen LogP contribution in [-0.2, 0) is 9.53 Å². The van der Waals surface area contributed by atoms with E-state index in [9.17, 15) is 4.79 Å². The van der Waals surface area contributed by atoms with Crippen LogP contribution in [0.3, 0.4) is 0 Å². The van der Waals surface area contributed by atoms with Crippen molar-refractivity contribution in [3.8, 4) is 0 Å². The molecule has 1 aromatic rings. The largest absolute Gasteiger partial charge is 0.382 e. The number of aliphatic imine (C=N–C) groups is 1. The van der Waals surface area contributed by atoms with Crippen molar-refractivity contribution in [3.05, 3.63) is 35.9 Å². The fourth-order valence-electron chi connectivity index (χ4n) is 3.82. The highest BCUT2D eigenvalue weighted by Gasteiger charge is 2.33. The maximum absolute atomic E-state index is 12.0. The van der Waals surface area contributed by atoms with Crippen molar-refractivity contribution in [3.63, 3.8) is 0 Å². The Kier molecular flexibility index (Phi) is 12.3. The van der Waals surface area contributed by atoms with Crippen molar-refractivity contribution in [1.82, 2.24) is 15.5 Å². The number of hydrogen-bond acceptors (Lipinski definition) is 3. The molecule has 1 saturated carbocycles. The third kappa shape index (κ3) is 8.79. The van der Waals surface area contributed by atoms with Crippen molar-refractivity contribution in [2.24, 2.45) is 10.4 Å². The molecule has 1 aliphatic rings. The minimum Gasteiger partial charge on any atom is -0.382 e. The Balaban J connectivity index is 0.00000450. The molecule has 0 saturated heterocycles. The van der Waals surface area contributed by atoms with Gasteiger partial charge in [-0.1, -0.05) is 43.2 Å². The number of rotatable bonds is 10. The first-order chi connectivity index (χ1) is 14.0. The number of nitrogens with one attached hydrogen (secondary N) is 2. The molecule has 170 valence electrons. The fourth-order valence-corrected chi connectivity index (χ4v) is 3.82. The monoisotopic (exact) mass is 530 g/mol. The fraction of sp³-hybridized carbons (Fsp3) is 0.652. The van der Waals surface area contributed by atoms with E-state index in [-0.39, 0.29) is 47.9 Å². The molecule has 6 nitrogen and oxygen atoms in total. The molecule has 1 amide bonds. The van der Waals surface area contributed by atoms with Gasteiger partial charge in [0.15, 0.2) is 5.96 Å². The molecule has 0 radical (unpaired) electrons. The molecule has 1 atom stereocenters. The second-order valence-corrected chi connectivity index (χ2v) is 8.24. The highest BCUT2D eigenvalue weighted by molar-refractivity contribution is 14.0. The molecule has 2 rings (SSSR count). The van der Waals surface area contributed by atoms with E-state index in [2.05, 4.69) is 34.7 Å². The standard InChI is InChI=1S/C23H38N4O2.HI/c1-5-29-16-15-23(13-9-10-14-23)18-25-22(24-17-21(28)27(3)4)26-19(2)20-11-7-6-8-12-20;/h6-8,11-12,19H,5,9-10,13-18H2,1-4H3,(H2,24,25,26);1H. The van der Waals surface area contributed by atoms with E-state index in [1.807, 2.05) is 25.1 Å². The predicted octanol–water partition coefficient (Wildman–Crippen LogP) is 3.98. The Morgan fingerprint density at radius 2 is 1.90 bits per heavy atom. The lowest BCUT2D eigenvalue weighted by Gasteiger charge is -2.30. The molecule has 0 bridgehead atoms. The molecule has 30 heavy (non-hydrogen) atoms. The topological polar surface area (TPSA) is 66.0 Å². The zero-order valence-corrected chi connectivity index (χ0v) is 21.3. The van der Waals surface area contributed by atoms with Gasteiger partial charge >= 0.3 is 0 Å². The predicted molar refractivity (Wildman–Crippen MR) is 134 cm³/mol. The molecule has 0 heterocycles. The Morgan fingerprint density at radius 3 is 2.50 bits per heavy atom. The highest BCUT2D eigenvalue weighted by atomic mass is 127. The third-order valence-electron chi connectivity index (χ3n) is 5.80. The summed E-state index contributed by atoms with van der Waals surface area (Å²) in [6, 6.07) is 10.4. The van der Waals surface area contributed by atoms with Crippen molar-refractivity contribution in [2.45, 2.75) is 52.0 Å². The van der Waals surface area contributed by atoms with Gasteiger partial charge in [-0.2, -0.15) is 0 Å². The van der Waals surface area contributed by atoms with Crippen LogP contribution in [-0.4, -0.2) is 57.2 Å². The number of carbonyl (C=O) groups excluding carboxylic acids is 1. The normalized spacial score (nSPS) is 16.5. The molecule has 2 N–H and O–H groups in total. The lowest BCUT2D eigenvalue weighted by atomic mass is 9.83. The number of hydrogen-bond donors (Lipinski definition) is 2. The number of likely N-dealkylation sites (N-methyl/N-ethyl adjacent to an activating group) is 1. The van der Waals surface area contributed by atoms with E-state index in [0.717, 1.165) is 26.2 Å². The average molecular weight is 530 g/mol. The maximum atomic E-state index is 12.0. The van der Waals surface area contributed by atoms with Crippen LogP contribution in [0.25, 0.3) is 0 Å². The van der Waals surface area contributed by atoms with Gasteiger partial charge in [0.2, 0.25) is 5.91 Å². The molecule has 0 spiro atoms. The molecule has 1 aromatic carbocycles. The van der Waals surface area contributed by atoms with E-state index in [0.29, 0.717) is 5.96 Å². The lowest BCUT2D eigenvalue weighted by Crippen LogP contribution is -2.44. The van der Waals surface area contributed by atoms with Crippen LogP contribution >= 0.6 is 24.0 Å². The number of amides is 1. The lowest BCUT2D eigenvalue weighted by molar-refractivity contribution is -0.127. The Morgan fingerprint density at radius 1 is 1.23 bits per heavy atom. The van der Waals surface area contributed by atoms with Gasteiger partial charge in [-0.3, -0.25) is 4.79 Å². The summed E-state index contributed by atoms with van der Waals surface area (Å²) in [5.74, 6) is 0.685. The summed E-state index contributed by atoms with van der Waals surface area (Å²) in [6.45, 7) is 6.71. The number of carbonyl (C=O) groups is 1. The number of halogens is 1. The van der Waals surface area contributed by atoms with E-state index in [4.69, 9.17) is 4.74 Å². The number of benzene rings is 1. The molecule has 1 unspecified atom stereocenters. The molecular formula is C23H39IN4O2. The first-order valence-corrected chi connectivity index (χ1v) is 10.8. The van der Waals surface area contributed by atoms with Gasteiger partial charge in [-0.25, -0.2) is 4.99 Å². The number of ether oxygens (including phenoxy) is 1. The van der Waals surface area contributed by atoms with Gasteiger partial charge in [0.05, 0.1) is 6.04 Å². The molecule has 1 fully saturated rings. The molecule has 0 aliphatic heterocycles. The van der Waals surface area contributed by atoms with Gasteiger partial charge in [0.25, 0.3) is 0 Å². The van der Waals surface area contributed by atoms with Gasteiger partial charge < -0.3 is 20.3 Å². The van der Waals surface area contributed by atoms with Crippen LogP contribution < -0.4 is 10.6 Å². The molecular weight excluding hydrogens is 491 g/mol. The average Bonchev–Trinajstić information content (AvgIpc) is 3.19. The van der Waals surface area contributed by atoms with E-state index in [1.165, 1.54) is 31.2 Å². The third-order valence-corrected chi connectivity index (χ3v) is 5.80. The minimum absolute atomic E-state index is 0. The Labute approximate surface area is 199 Å². The second kappa shape index (κ2) is 13.9. The quantitative estimate of drug-likeness (QED) is 0.208. The first-order valence-electron chi connectivity index (χ1n) is 10.8. The summed E-state index contributed by atoms with van der Waals surface area (Å²) in [7, 11) is 3.51. The highest BCUT2D eigenvalue weighted by Crippen LogP contribution is 2.40. The van der Waals surface area contributed by atoms with Crippen LogP contribution in [0.2, 0.25) is 0 Å².